The summed E-state index contributed by atoms with van der Waals surface area (Å²) in [5, 5.41) is 11.1. The van der Waals surface area contributed by atoms with Crippen molar-refractivity contribution in [2.45, 2.75) is 39.2 Å². The van der Waals surface area contributed by atoms with E-state index in [-0.39, 0.29) is 30.4 Å². The van der Waals surface area contributed by atoms with E-state index in [0.29, 0.717) is 51.5 Å². The van der Waals surface area contributed by atoms with Crippen molar-refractivity contribution in [1.29, 1.82) is 0 Å². The van der Waals surface area contributed by atoms with E-state index in [4.69, 9.17) is 14.7 Å². The van der Waals surface area contributed by atoms with Gasteiger partial charge in [0.2, 0.25) is 11.8 Å². The number of anilines is 1. The SMILES string of the molecule is C/C=C/C(=O)CCC(=O)NCCCC(=O)N1CCN(Cc2cc3nc(-c4cccc5[nH]ncc45)nc(N4CCOCC4)c3s2)CC1. The number of nitrogens with one attached hydrogen (secondary N) is 2. The number of morpholine rings is 1. The number of fused-ring (bicyclic) bond motifs is 2. The molecule has 242 valence electrons. The number of amides is 2. The minimum Gasteiger partial charge on any atom is -0.378 e. The molecule has 13 heteroatoms. The summed E-state index contributed by atoms with van der Waals surface area (Å²) in [6.07, 6.45) is 6.33. The van der Waals surface area contributed by atoms with E-state index in [2.05, 4.69) is 31.4 Å². The molecule has 2 fully saturated rings. The van der Waals surface area contributed by atoms with Crippen LogP contribution < -0.4 is 10.2 Å². The van der Waals surface area contributed by atoms with Crippen LogP contribution >= 0.6 is 11.3 Å². The number of thiophene rings is 1. The van der Waals surface area contributed by atoms with E-state index in [9.17, 15) is 14.4 Å². The first kappa shape index (κ1) is 31.8. The largest absolute Gasteiger partial charge is 0.378 e. The average molecular weight is 645 g/mol. The Morgan fingerprint density at radius 2 is 1.87 bits per heavy atom. The molecule has 3 aromatic heterocycles. The van der Waals surface area contributed by atoms with Gasteiger partial charge in [0, 0.05) is 87.4 Å². The molecule has 0 atom stereocenters. The van der Waals surface area contributed by atoms with Crippen molar-refractivity contribution in [3.05, 3.63) is 47.5 Å². The van der Waals surface area contributed by atoms with E-state index < -0.39 is 0 Å². The minimum absolute atomic E-state index is 0.0562. The molecule has 46 heavy (non-hydrogen) atoms. The number of allylic oxidation sites excluding steroid dienone is 2. The molecule has 0 unspecified atom stereocenters. The smallest absolute Gasteiger partial charge is 0.222 e. The van der Waals surface area contributed by atoms with Crippen LogP contribution in [0.4, 0.5) is 5.82 Å². The zero-order valence-electron chi connectivity index (χ0n) is 26.2. The highest BCUT2D eigenvalue weighted by molar-refractivity contribution is 7.19. The monoisotopic (exact) mass is 644 g/mol. The molecule has 12 nitrogen and oxygen atoms in total. The van der Waals surface area contributed by atoms with Crippen molar-refractivity contribution >= 4 is 55.9 Å². The van der Waals surface area contributed by atoms with Gasteiger partial charge in [-0.2, -0.15) is 5.10 Å². The number of benzene rings is 1. The number of aromatic nitrogens is 4. The zero-order chi connectivity index (χ0) is 31.9. The molecule has 4 aromatic rings. The third-order valence-electron chi connectivity index (χ3n) is 8.39. The summed E-state index contributed by atoms with van der Waals surface area (Å²) in [6.45, 7) is 8.88. The third kappa shape index (κ3) is 7.60. The van der Waals surface area contributed by atoms with Crippen molar-refractivity contribution < 1.29 is 19.1 Å². The van der Waals surface area contributed by atoms with E-state index in [1.807, 2.05) is 29.3 Å². The number of carbonyl (C=O) groups is 3. The Labute approximate surface area is 271 Å². The Morgan fingerprint density at radius 3 is 2.67 bits per heavy atom. The Bertz CT molecular complexity index is 1720. The first-order valence-electron chi connectivity index (χ1n) is 16.0. The van der Waals surface area contributed by atoms with Crippen LogP contribution in [-0.4, -0.2) is 107 Å². The van der Waals surface area contributed by atoms with Crippen LogP contribution in [0.25, 0.3) is 32.5 Å². The Balaban J connectivity index is 1.05. The highest BCUT2D eigenvalue weighted by Crippen LogP contribution is 2.36. The molecule has 1 aromatic carbocycles. The second-order valence-corrected chi connectivity index (χ2v) is 12.7. The number of H-pyrrole nitrogens is 1. The summed E-state index contributed by atoms with van der Waals surface area (Å²) >= 11 is 1.75. The number of aromatic amines is 1. The summed E-state index contributed by atoms with van der Waals surface area (Å²) in [5.74, 6) is 1.55. The topological polar surface area (TPSA) is 137 Å². The number of piperazine rings is 1. The fraction of sp³-hybridized carbons (Fsp3) is 0.455. The van der Waals surface area contributed by atoms with Crippen LogP contribution in [-0.2, 0) is 25.7 Å². The van der Waals surface area contributed by atoms with Gasteiger partial charge in [-0.15, -0.1) is 11.3 Å². The summed E-state index contributed by atoms with van der Waals surface area (Å²) in [5.41, 5.74) is 2.85. The van der Waals surface area contributed by atoms with Gasteiger partial charge in [0.1, 0.15) is 0 Å². The summed E-state index contributed by atoms with van der Waals surface area (Å²) in [7, 11) is 0. The van der Waals surface area contributed by atoms with Gasteiger partial charge < -0.3 is 19.9 Å². The summed E-state index contributed by atoms with van der Waals surface area (Å²) in [6, 6.07) is 8.23. The molecule has 0 bridgehead atoms. The molecule has 5 heterocycles. The van der Waals surface area contributed by atoms with Crippen LogP contribution in [0.5, 0.6) is 0 Å². The number of ether oxygens (including phenoxy) is 1. The number of rotatable bonds is 12. The van der Waals surface area contributed by atoms with Crippen molar-refractivity contribution in [3.63, 3.8) is 0 Å². The standard InChI is InChI=1S/C33H40N8O4S/c1-2-5-23(42)9-10-29(43)34-11-4-8-30(44)40-14-12-39(13-15-40)22-24-20-28-31(46-24)33(41-16-18-45-19-17-41)37-32(36-28)25-6-3-7-27-26(25)21-35-38-27/h2-3,5-7,20-21H,4,8-19,22H2,1H3,(H,34,43)(H,35,38)/b5-2+. The van der Waals surface area contributed by atoms with Gasteiger partial charge in [-0.3, -0.25) is 24.4 Å². The van der Waals surface area contributed by atoms with Crippen LogP contribution in [0.2, 0.25) is 0 Å². The van der Waals surface area contributed by atoms with Gasteiger partial charge >= 0.3 is 0 Å². The van der Waals surface area contributed by atoms with Gasteiger partial charge in [-0.1, -0.05) is 18.2 Å². The van der Waals surface area contributed by atoms with Gasteiger partial charge in [-0.25, -0.2) is 9.97 Å². The fourth-order valence-corrected chi connectivity index (χ4v) is 7.07. The molecule has 0 spiro atoms. The van der Waals surface area contributed by atoms with Gasteiger partial charge in [-0.05, 0) is 31.6 Å². The summed E-state index contributed by atoms with van der Waals surface area (Å²) < 4.78 is 6.72. The van der Waals surface area contributed by atoms with E-state index >= 15 is 0 Å². The second kappa shape index (κ2) is 14.9. The van der Waals surface area contributed by atoms with E-state index in [1.54, 1.807) is 24.3 Å². The lowest BCUT2D eigenvalue weighted by Crippen LogP contribution is -2.48. The maximum Gasteiger partial charge on any atom is 0.222 e. The van der Waals surface area contributed by atoms with Crippen molar-refractivity contribution in [2.75, 3.05) is 63.9 Å². The van der Waals surface area contributed by atoms with Crippen LogP contribution in [0, 0.1) is 0 Å². The summed E-state index contributed by atoms with van der Waals surface area (Å²) in [4.78, 5) is 54.3. The highest BCUT2D eigenvalue weighted by atomic mass is 32.1. The number of carbonyl (C=O) groups excluding carboxylic acids is 3. The predicted octanol–water partition coefficient (Wildman–Crippen LogP) is 3.54. The van der Waals surface area contributed by atoms with Crippen LogP contribution in [0.3, 0.4) is 0 Å². The van der Waals surface area contributed by atoms with Gasteiger partial charge in [0.05, 0.1) is 35.1 Å². The van der Waals surface area contributed by atoms with Gasteiger partial charge in [0.25, 0.3) is 0 Å². The molecule has 0 saturated carbocycles. The molecule has 2 amide bonds. The second-order valence-electron chi connectivity index (χ2n) is 11.6. The van der Waals surface area contributed by atoms with E-state index in [0.717, 1.165) is 65.2 Å². The molecule has 0 aliphatic carbocycles. The minimum atomic E-state index is -0.158. The lowest BCUT2D eigenvalue weighted by molar-refractivity contribution is -0.133. The molecule has 2 N–H and O–H groups in total. The molecular formula is C33H40N8O4S. The van der Waals surface area contributed by atoms with Crippen LogP contribution in [0.15, 0.2) is 42.6 Å². The molecule has 0 radical (unpaired) electrons. The van der Waals surface area contributed by atoms with E-state index in [1.165, 1.54) is 11.0 Å². The Morgan fingerprint density at radius 1 is 1.04 bits per heavy atom. The molecular weight excluding hydrogens is 604 g/mol. The number of hydrogen-bond acceptors (Lipinski definition) is 10. The maximum absolute atomic E-state index is 12.8. The molecule has 2 aliphatic rings. The third-order valence-corrected chi connectivity index (χ3v) is 9.49. The first-order valence-corrected chi connectivity index (χ1v) is 16.8. The van der Waals surface area contributed by atoms with Crippen LogP contribution in [0.1, 0.15) is 37.5 Å². The zero-order valence-corrected chi connectivity index (χ0v) is 27.0. The maximum atomic E-state index is 12.8. The predicted molar refractivity (Wildman–Crippen MR) is 179 cm³/mol. The normalized spacial score (nSPS) is 16.1. The lowest BCUT2D eigenvalue weighted by atomic mass is 10.1. The molecule has 2 aliphatic heterocycles. The number of nitrogens with zero attached hydrogens (tertiary/aromatic N) is 6. The number of hydrogen-bond donors (Lipinski definition) is 2. The Kier molecular flexibility index (Phi) is 10.3. The Hall–Kier alpha value is -4.20. The highest BCUT2D eigenvalue weighted by Gasteiger charge is 2.24. The quantitative estimate of drug-likeness (QED) is 0.175. The van der Waals surface area contributed by atoms with Gasteiger partial charge in [0.15, 0.2) is 17.4 Å². The first-order chi connectivity index (χ1) is 22.5. The van der Waals surface area contributed by atoms with Crippen molar-refractivity contribution in [1.82, 2.24) is 35.3 Å². The fourth-order valence-electron chi connectivity index (χ4n) is 5.91. The lowest BCUT2D eigenvalue weighted by Gasteiger charge is -2.34. The molecule has 2 saturated heterocycles. The van der Waals surface area contributed by atoms with Crippen molar-refractivity contribution in [2.24, 2.45) is 0 Å². The average Bonchev–Trinajstić information content (AvgIpc) is 3.73. The number of ketones is 1. The molecule has 6 rings (SSSR count). The van der Waals surface area contributed by atoms with Crippen molar-refractivity contribution in [3.8, 4) is 11.4 Å².